The molecule has 0 radical (unpaired) electrons. The van der Waals surface area contributed by atoms with Gasteiger partial charge in [-0.05, 0) is 30.5 Å². The third-order valence-electron chi connectivity index (χ3n) is 3.02. The standard InChI is InChI=1S/C15H15NO3S/c1-11-10-16(14(17)12-6-3-2-4-7-12)19-15(18-11)13-8-5-9-20-13/h2-9,11,15H,10H2,1H3/t11-,15-/m0/s1. The zero-order valence-corrected chi connectivity index (χ0v) is 11.9. The van der Waals surface area contributed by atoms with Crippen LogP contribution in [0.25, 0.3) is 0 Å². The fraction of sp³-hybridized carbons (Fsp3) is 0.267. The Morgan fingerprint density at radius 2 is 2.05 bits per heavy atom. The summed E-state index contributed by atoms with van der Waals surface area (Å²) in [5.74, 6) is -0.137. The molecule has 1 fully saturated rings. The molecule has 0 unspecified atom stereocenters. The molecule has 4 nitrogen and oxygen atoms in total. The molecule has 1 aliphatic heterocycles. The van der Waals surface area contributed by atoms with Gasteiger partial charge in [-0.3, -0.25) is 4.79 Å². The van der Waals surface area contributed by atoms with Crippen molar-refractivity contribution in [1.29, 1.82) is 0 Å². The van der Waals surface area contributed by atoms with Gasteiger partial charge in [0, 0.05) is 5.56 Å². The molecule has 1 aromatic heterocycles. The van der Waals surface area contributed by atoms with Crippen LogP contribution in [-0.4, -0.2) is 23.6 Å². The normalized spacial score (nSPS) is 22.8. The summed E-state index contributed by atoms with van der Waals surface area (Å²) >= 11 is 1.55. The molecule has 104 valence electrons. The first kappa shape index (κ1) is 13.3. The Morgan fingerprint density at radius 1 is 1.25 bits per heavy atom. The molecule has 0 bridgehead atoms. The molecule has 0 aliphatic carbocycles. The van der Waals surface area contributed by atoms with Crippen molar-refractivity contribution in [3.63, 3.8) is 0 Å². The number of hydrogen-bond donors (Lipinski definition) is 0. The summed E-state index contributed by atoms with van der Waals surface area (Å²) in [6.45, 7) is 2.37. The van der Waals surface area contributed by atoms with E-state index in [1.165, 1.54) is 5.06 Å². The second-order valence-electron chi connectivity index (χ2n) is 4.63. The van der Waals surface area contributed by atoms with Gasteiger partial charge in [-0.1, -0.05) is 24.3 Å². The van der Waals surface area contributed by atoms with Crippen LogP contribution in [0.1, 0.15) is 28.4 Å². The summed E-state index contributed by atoms with van der Waals surface area (Å²) in [4.78, 5) is 19.1. The van der Waals surface area contributed by atoms with Crippen LogP contribution in [0.3, 0.4) is 0 Å². The van der Waals surface area contributed by atoms with Crippen molar-refractivity contribution < 1.29 is 14.4 Å². The highest BCUT2D eigenvalue weighted by Gasteiger charge is 2.31. The Morgan fingerprint density at radius 3 is 2.75 bits per heavy atom. The van der Waals surface area contributed by atoms with Gasteiger partial charge in [0.15, 0.2) is 0 Å². The first-order valence-electron chi connectivity index (χ1n) is 6.46. The molecule has 0 N–H and O–H groups in total. The highest BCUT2D eigenvalue weighted by atomic mass is 32.1. The van der Waals surface area contributed by atoms with Crippen LogP contribution in [0.4, 0.5) is 0 Å². The first-order chi connectivity index (χ1) is 9.74. The number of carbonyl (C=O) groups excluding carboxylic acids is 1. The molecule has 2 heterocycles. The van der Waals surface area contributed by atoms with E-state index >= 15 is 0 Å². The van der Waals surface area contributed by atoms with Crippen molar-refractivity contribution in [2.45, 2.75) is 19.3 Å². The predicted molar refractivity (Wildman–Crippen MR) is 76.2 cm³/mol. The summed E-state index contributed by atoms with van der Waals surface area (Å²) in [5, 5.41) is 3.36. The molecular weight excluding hydrogens is 274 g/mol. The molecular formula is C15H15NO3S. The lowest BCUT2D eigenvalue weighted by atomic mass is 10.2. The molecule has 1 aromatic carbocycles. The van der Waals surface area contributed by atoms with E-state index in [2.05, 4.69) is 0 Å². The maximum Gasteiger partial charge on any atom is 0.277 e. The van der Waals surface area contributed by atoms with Crippen LogP contribution in [0, 0.1) is 0 Å². The molecule has 1 saturated heterocycles. The lowest BCUT2D eigenvalue weighted by Crippen LogP contribution is -2.44. The van der Waals surface area contributed by atoms with Crippen molar-refractivity contribution in [3.05, 3.63) is 58.3 Å². The monoisotopic (exact) mass is 289 g/mol. The summed E-state index contributed by atoms with van der Waals surface area (Å²) in [5.41, 5.74) is 0.617. The van der Waals surface area contributed by atoms with E-state index in [0.717, 1.165) is 4.88 Å². The van der Waals surface area contributed by atoms with E-state index in [1.54, 1.807) is 23.5 Å². The number of hydroxylamine groups is 2. The molecule has 1 aliphatic rings. The Bertz CT molecular complexity index is 570. The van der Waals surface area contributed by atoms with Gasteiger partial charge in [-0.2, -0.15) is 0 Å². The Kier molecular flexibility index (Phi) is 3.82. The van der Waals surface area contributed by atoms with Crippen molar-refractivity contribution in [3.8, 4) is 0 Å². The molecule has 3 rings (SSSR count). The van der Waals surface area contributed by atoms with Gasteiger partial charge in [-0.15, -0.1) is 11.3 Å². The Balaban J connectivity index is 1.78. The molecule has 0 spiro atoms. The highest BCUT2D eigenvalue weighted by molar-refractivity contribution is 7.10. The summed E-state index contributed by atoms with van der Waals surface area (Å²) < 4.78 is 5.74. The number of hydrogen-bond acceptors (Lipinski definition) is 4. The number of carbonyl (C=O) groups is 1. The van der Waals surface area contributed by atoms with Crippen molar-refractivity contribution in [1.82, 2.24) is 5.06 Å². The first-order valence-corrected chi connectivity index (χ1v) is 7.34. The average Bonchev–Trinajstić information content (AvgIpc) is 3.01. The van der Waals surface area contributed by atoms with Gasteiger partial charge in [0.25, 0.3) is 5.91 Å². The largest absolute Gasteiger partial charge is 0.341 e. The SMILES string of the molecule is C[C@H]1CN(C(=O)c2ccccc2)O[C@@H](c2cccs2)O1. The quantitative estimate of drug-likeness (QED) is 0.852. The van der Waals surface area contributed by atoms with E-state index in [-0.39, 0.29) is 12.0 Å². The number of ether oxygens (including phenoxy) is 1. The molecule has 5 heteroatoms. The molecule has 1 amide bonds. The van der Waals surface area contributed by atoms with Gasteiger partial charge >= 0.3 is 0 Å². The van der Waals surface area contributed by atoms with Crippen LogP contribution in [0.5, 0.6) is 0 Å². The summed E-state index contributed by atoms with van der Waals surface area (Å²) in [6, 6.07) is 13.0. The molecule has 0 saturated carbocycles. The van der Waals surface area contributed by atoms with Gasteiger partial charge in [0.2, 0.25) is 6.29 Å². The van der Waals surface area contributed by atoms with Crippen LogP contribution >= 0.6 is 11.3 Å². The minimum Gasteiger partial charge on any atom is -0.341 e. The van der Waals surface area contributed by atoms with E-state index < -0.39 is 6.29 Å². The molecule has 20 heavy (non-hydrogen) atoms. The Labute approximate surface area is 121 Å². The molecule has 2 atom stereocenters. The lowest BCUT2D eigenvalue weighted by molar-refractivity contribution is -0.319. The van der Waals surface area contributed by atoms with E-state index in [4.69, 9.17) is 9.57 Å². The average molecular weight is 289 g/mol. The zero-order chi connectivity index (χ0) is 13.9. The second kappa shape index (κ2) is 5.75. The van der Waals surface area contributed by atoms with Crippen molar-refractivity contribution in [2.24, 2.45) is 0 Å². The number of rotatable bonds is 2. The highest BCUT2D eigenvalue weighted by Crippen LogP contribution is 2.30. The maximum absolute atomic E-state index is 12.4. The minimum atomic E-state index is -0.508. The maximum atomic E-state index is 12.4. The fourth-order valence-electron chi connectivity index (χ4n) is 2.07. The van der Waals surface area contributed by atoms with Crippen LogP contribution in [-0.2, 0) is 9.57 Å². The Hall–Kier alpha value is -1.69. The topological polar surface area (TPSA) is 38.8 Å². The van der Waals surface area contributed by atoms with E-state index in [0.29, 0.717) is 12.1 Å². The molecule has 2 aromatic rings. The predicted octanol–water partition coefficient (Wildman–Crippen LogP) is 3.24. The van der Waals surface area contributed by atoms with Crippen molar-refractivity contribution >= 4 is 17.2 Å². The fourth-order valence-corrected chi connectivity index (χ4v) is 2.75. The van der Waals surface area contributed by atoms with Crippen LogP contribution < -0.4 is 0 Å². The second-order valence-corrected chi connectivity index (χ2v) is 5.61. The summed E-state index contributed by atoms with van der Waals surface area (Å²) in [7, 11) is 0. The lowest BCUT2D eigenvalue weighted by Gasteiger charge is -2.35. The number of amides is 1. The van der Waals surface area contributed by atoms with Gasteiger partial charge in [0.05, 0.1) is 17.5 Å². The summed E-state index contributed by atoms with van der Waals surface area (Å²) in [6.07, 6.45) is -0.574. The van der Waals surface area contributed by atoms with Gasteiger partial charge < -0.3 is 4.74 Å². The zero-order valence-electron chi connectivity index (χ0n) is 11.1. The van der Waals surface area contributed by atoms with Crippen LogP contribution in [0.15, 0.2) is 47.8 Å². The third-order valence-corrected chi connectivity index (χ3v) is 3.92. The van der Waals surface area contributed by atoms with Gasteiger partial charge in [0.1, 0.15) is 0 Å². The smallest absolute Gasteiger partial charge is 0.277 e. The van der Waals surface area contributed by atoms with Gasteiger partial charge in [-0.25, -0.2) is 9.90 Å². The van der Waals surface area contributed by atoms with Crippen LogP contribution in [0.2, 0.25) is 0 Å². The third kappa shape index (κ3) is 2.75. The van der Waals surface area contributed by atoms with E-state index in [1.807, 2.05) is 42.6 Å². The number of nitrogens with zero attached hydrogens (tertiary/aromatic N) is 1. The number of benzene rings is 1. The number of thiophene rings is 1. The van der Waals surface area contributed by atoms with E-state index in [9.17, 15) is 4.79 Å². The van der Waals surface area contributed by atoms with Crippen molar-refractivity contribution in [2.75, 3.05) is 6.54 Å². The minimum absolute atomic E-state index is 0.0662.